The zero-order chi connectivity index (χ0) is 12.6. The molecule has 0 amide bonds. The minimum Gasteiger partial charge on any atom is -0.399 e. The van der Waals surface area contributed by atoms with Gasteiger partial charge in [-0.05, 0) is 43.7 Å². The predicted octanol–water partition coefficient (Wildman–Crippen LogP) is 3.94. The molecule has 1 aromatic carbocycles. The number of rotatable bonds is 2. The first-order chi connectivity index (χ1) is 7.97. The molecule has 88 valence electrons. The number of ketones is 1. The van der Waals surface area contributed by atoms with Gasteiger partial charge < -0.3 is 5.73 Å². The van der Waals surface area contributed by atoms with E-state index in [-0.39, 0.29) is 5.78 Å². The summed E-state index contributed by atoms with van der Waals surface area (Å²) in [4.78, 5) is 14.3. The molecule has 0 fully saturated rings. The molecular weight excluding hydrogens is 298 g/mol. The molecule has 2 rings (SSSR count). The first kappa shape index (κ1) is 12.3. The monoisotopic (exact) mass is 309 g/mol. The largest absolute Gasteiger partial charge is 0.399 e. The highest BCUT2D eigenvalue weighted by molar-refractivity contribution is 9.10. The summed E-state index contributed by atoms with van der Waals surface area (Å²) in [6.45, 7) is 3.96. The highest BCUT2D eigenvalue weighted by Crippen LogP contribution is 2.26. The third-order valence-electron chi connectivity index (χ3n) is 2.43. The number of hydrogen-bond donors (Lipinski definition) is 1. The Morgan fingerprint density at radius 1 is 1.24 bits per heavy atom. The number of hydrogen-bond acceptors (Lipinski definition) is 3. The first-order valence-corrected chi connectivity index (χ1v) is 6.76. The molecule has 1 aromatic heterocycles. The average Bonchev–Trinajstić information content (AvgIpc) is 2.55. The van der Waals surface area contributed by atoms with Crippen molar-refractivity contribution >= 4 is 38.7 Å². The Kier molecular flexibility index (Phi) is 3.35. The van der Waals surface area contributed by atoms with Crippen LogP contribution >= 0.6 is 27.3 Å². The maximum absolute atomic E-state index is 12.3. The number of anilines is 1. The van der Waals surface area contributed by atoms with Crippen LogP contribution < -0.4 is 5.73 Å². The van der Waals surface area contributed by atoms with E-state index in [0.717, 1.165) is 19.8 Å². The van der Waals surface area contributed by atoms with Crippen LogP contribution in [-0.2, 0) is 0 Å². The maximum Gasteiger partial charge on any atom is 0.203 e. The number of aryl methyl sites for hydroxylation is 2. The summed E-state index contributed by atoms with van der Waals surface area (Å²) in [6.07, 6.45) is 0. The summed E-state index contributed by atoms with van der Waals surface area (Å²) in [5.74, 6) is 0.0357. The maximum atomic E-state index is 12.3. The van der Waals surface area contributed by atoms with Crippen LogP contribution in [-0.4, -0.2) is 5.78 Å². The second-order valence-electron chi connectivity index (χ2n) is 3.97. The average molecular weight is 310 g/mol. The van der Waals surface area contributed by atoms with Gasteiger partial charge in [-0.15, -0.1) is 11.3 Å². The van der Waals surface area contributed by atoms with Crippen molar-refractivity contribution in [3.63, 3.8) is 0 Å². The molecule has 1 heterocycles. The summed E-state index contributed by atoms with van der Waals surface area (Å²) >= 11 is 4.87. The highest BCUT2D eigenvalue weighted by Gasteiger charge is 2.15. The van der Waals surface area contributed by atoms with Crippen LogP contribution in [0, 0.1) is 13.8 Å². The second kappa shape index (κ2) is 4.63. The molecule has 4 heteroatoms. The molecule has 0 saturated heterocycles. The topological polar surface area (TPSA) is 43.1 Å². The van der Waals surface area contributed by atoms with Gasteiger partial charge in [0.25, 0.3) is 0 Å². The molecule has 0 atom stereocenters. The van der Waals surface area contributed by atoms with Crippen LogP contribution in [0.4, 0.5) is 5.69 Å². The highest BCUT2D eigenvalue weighted by atomic mass is 79.9. The van der Waals surface area contributed by atoms with Crippen molar-refractivity contribution in [2.45, 2.75) is 13.8 Å². The lowest BCUT2D eigenvalue weighted by molar-refractivity contribution is 0.104. The van der Waals surface area contributed by atoms with E-state index in [1.165, 1.54) is 11.3 Å². The van der Waals surface area contributed by atoms with Gasteiger partial charge in [0, 0.05) is 20.6 Å². The van der Waals surface area contributed by atoms with Crippen molar-refractivity contribution in [2.75, 3.05) is 5.73 Å². The number of nitrogen functional groups attached to an aromatic ring is 1. The zero-order valence-corrected chi connectivity index (χ0v) is 12.0. The minimum absolute atomic E-state index is 0.0357. The van der Waals surface area contributed by atoms with Gasteiger partial charge in [-0.1, -0.05) is 15.9 Å². The summed E-state index contributed by atoms with van der Waals surface area (Å²) in [5, 5.41) is 0. The van der Waals surface area contributed by atoms with Crippen molar-refractivity contribution in [2.24, 2.45) is 0 Å². The number of carbonyl (C=O) groups is 1. The normalized spacial score (nSPS) is 10.5. The van der Waals surface area contributed by atoms with Gasteiger partial charge in [0.2, 0.25) is 5.78 Å². The lowest BCUT2D eigenvalue weighted by Crippen LogP contribution is -2.01. The Morgan fingerprint density at radius 2 is 1.94 bits per heavy atom. The Balaban J connectivity index is 2.47. The van der Waals surface area contributed by atoms with E-state index in [1.807, 2.05) is 19.9 Å². The molecule has 0 spiro atoms. The zero-order valence-electron chi connectivity index (χ0n) is 9.58. The molecule has 0 saturated carbocycles. The number of nitrogens with two attached hydrogens (primary N) is 1. The van der Waals surface area contributed by atoms with Crippen LogP contribution in [0.1, 0.15) is 25.7 Å². The quantitative estimate of drug-likeness (QED) is 0.674. The number of carbonyl (C=O) groups excluding carboxylic acids is 1. The molecule has 0 bridgehead atoms. The van der Waals surface area contributed by atoms with Gasteiger partial charge in [-0.25, -0.2) is 0 Å². The summed E-state index contributed by atoms with van der Waals surface area (Å²) in [6, 6.07) is 7.32. The molecule has 0 radical (unpaired) electrons. The van der Waals surface area contributed by atoms with Gasteiger partial charge >= 0.3 is 0 Å². The molecule has 2 nitrogen and oxygen atoms in total. The van der Waals surface area contributed by atoms with Crippen LogP contribution in [0.3, 0.4) is 0 Å². The van der Waals surface area contributed by atoms with Gasteiger partial charge in [0.1, 0.15) is 0 Å². The van der Waals surface area contributed by atoms with Gasteiger partial charge in [-0.3, -0.25) is 4.79 Å². The summed E-state index contributed by atoms with van der Waals surface area (Å²) in [7, 11) is 0. The molecule has 17 heavy (non-hydrogen) atoms. The number of halogens is 1. The molecule has 0 aliphatic heterocycles. The molecular formula is C13H12BrNOS. The fraction of sp³-hybridized carbons (Fsp3) is 0.154. The fourth-order valence-corrected chi connectivity index (χ4v) is 3.24. The van der Waals surface area contributed by atoms with Crippen LogP contribution in [0.5, 0.6) is 0 Å². The molecule has 0 aliphatic rings. The Bertz CT molecular complexity index is 569. The van der Waals surface area contributed by atoms with Crippen molar-refractivity contribution in [1.82, 2.24) is 0 Å². The molecule has 0 aliphatic carbocycles. The first-order valence-electron chi connectivity index (χ1n) is 5.15. The van der Waals surface area contributed by atoms with Crippen molar-refractivity contribution in [3.8, 4) is 0 Å². The third-order valence-corrected chi connectivity index (χ3v) is 4.04. The van der Waals surface area contributed by atoms with Gasteiger partial charge in [0.15, 0.2) is 0 Å². The summed E-state index contributed by atoms with van der Waals surface area (Å²) in [5.41, 5.74) is 7.98. The van der Waals surface area contributed by atoms with E-state index in [4.69, 9.17) is 5.73 Å². The van der Waals surface area contributed by atoms with E-state index in [2.05, 4.69) is 15.9 Å². The standard InChI is InChI=1S/C13H12BrNOS/c1-7-3-8(2)17-13(7)12(16)9-4-10(14)6-11(15)5-9/h3-6H,15H2,1-2H3. The second-order valence-corrected chi connectivity index (χ2v) is 6.14. The van der Waals surface area contributed by atoms with Crippen molar-refractivity contribution in [3.05, 3.63) is 49.6 Å². The van der Waals surface area contributed by atoms with E-state index in [0.29, 0.717) is 11.3 Å². The summed E-state index contributed by atoms with van der Waals surface area (Å²) < 4.78 is 0.826. The van der Waals surface area contributed by atoms with Crippen LogP contribution in [0.15, 0.2) is 28.7 Å². The molecule has 2 aromatic rings. The molecule has 2 N–H and O–H groups in total. The van der Waals surface area contributed by atoms with Crippen LogP contribution in [0.25, 0.3) is 0 Å². The number of thiophene rings is 1. The third kappa shape index (κ3) is 2.58. The van der Waals surface area contributed by atoms with E-state index < -0.39 is 0 Å². The predicted molar refractivity (Wildman–Crippen MR) is 75.8 cm³/mol. The Morgan fingerprint density at radius 3 is 2.47 bits per heavy atom. The Labute approximate surface area is 113 Å². The smallest absolute Gasteiger partial charge is 0.203 e. The van der Waals surface area contributed by atoms with E-state index in [1.54, 1.807) is 18.2 Å². The Hall–Kier alpha value is -1.13. The van der Waals surface area contributed by atoms with Crippen LogP contribution in [0.2, 0.25) is 0 Å². The lowest BCUT2D eigenvalue weighted by atomic mass is 10.1. The van der Waals surface area contributed by atoms with Gasteiger partial charge in [0.05, 0.1) is 4.88 Å². The SMILES string of the molecule is Cc1cc(C)c(C(=O)c2cc(N)cc(Br)c2)s1. The molecule has 0 unspecified atom stereocenters. The number of benzene rings is 1. The van der Waals surface area contributed by atoms with E-state index in [9.17, 15) is 4.79 Å². The minimum atomic E-state index is 0.0357. The van der Waals surface area contributed by atoms with Gasteiger partial charge in [-0.2, -0.15) is 0 Å². The lowest BCUT2D eigenvalue weighted by Gasteiger charge is -2.02. The van der Waals surface area contributed by atoms with E-state index >= 15 is 0 Å². The van der Waals surface area contributed by atoms with Crippen molar-refractivity contribution < 1.29 is 4.79 Å². The fourth-order valence-electron chi connectivity index (χ4n) is 1.74. The van der Waals surface area contributed by atoms with Crippen molar-refractivity contribution in [1.29, 1.82) is 0 Å².